The molecule has 8 nitrogen and oxygen atoms in total. The zero-order chi connectivity index (χ0) is 25.5. The first kappa shape index (κ1) is 25.4. The third kappa shape index (κ3) is 5.00. The largest absolute Gasteiger partial charge is 0.490 e. The highest BCUT2D eigenvalue weighted by Gasteiger charge is 2.32. The first-order valence-corrected chi connectivity index (χ1v) is 12.7. The van der Waals surface area contributed by atoms with E-state index in [0.717, 1.165) is 19.4 Å². The Bertz CT molecular complexity index is 1290. The Morgan fingerprint density at radius 1 is 1.40 bits per heavy atom. The minimum absolute atomic E-state index is 0.262. The van der Waals surface area contributed by atoms with Gasteiger partial charge in [-0.3, -0.25) is 9.59 Å². The molecular weight excluding hydrogens is 471 g/mol. The van der Waals surface area contributed by atoms with Crippen LogP contribution in [0.5, 0.6) is 5.75 Å². The molecule has 0 aromatic carbocycles. The Morgan fingerprint density at radius 2 is 2.14 bits per heavy atom. The van der Waals surface area contributed by atoms with E-state index in [4.69, 9.17) is 4.74 Å². The number of thiophene rings is 1. The highest BCUT2D eigenvalue weighted by atomic mass is 32.1. The number of rotatable bonds is 8. The van der Waals surface area contributed by atoms with Crippen molar-refractivity contribution in [3.63, 3.8) is 0 Å². The van der Waals surface area contributed by atoms with Gasteiger partial charge in [-0.1, -0.05) is 0 Å². The van der Waals surface area contributed by atoms with Gasteiger partial charge in [-0.2, -0.15) is 0 Å². The van der Waals surface area contributed by atoms with E-state index in [1.807, 2.05) is 6.92 Å². The molecule has 3 aromatic heterocycles. The lowest BCUT2D eigenvalue weighted by Crippen LogP contribution is -2.30. The predicted molar refractivity (Wildman–Crippen MR) is 136 cm³/mol. The number of nitrogens with one attached hydrogen (secondary N) is 2. The summed E-state index contributed by atoms with van der Waals surface area (Å²) in [6.07, 6.45) is 2.19. The molecule has 3 N–H and O–H groups in total. The molecule has 0 radical (unpaired) electrons. The minimum atomic E-state index is -1.61. The molecule has 4 heterocycles. The molecule has 2 atom stereocenters. The van der Waals surface area contributed by atoms with E-state index in [9.17, 15) is 14.7 Å². The Labute approximate surface area is 207 Å². The van der Waals surface area contributed by atoms with Crippen LogP contribution in [0.15, 0.2) is 23.1 Å². The molecule has 3 aromatic rings. The van der Waals surface area contributed by atoms with E-state index in [-0.39, 0.29) is 23.2 Å². The summed E-state index contributed by atoms with van der Waals surface area (Å²) in [5, 5.41) is 13.6. The standard InChI is InChI=1S/C25H33FN4O4S/c1-6-27-23(31)17-10-15-16(12-30(5)24(32)20(15)28-17)21-18(34-13-14-8-7-9-29(14)4)11-19(35-21)22(26)25(2,3)33/h10-12,14,22,28,33H,6-9,13H2,1-5H3,(H,27,31). The highest BCUT2D eigenvalue weighted by Crippen LogP contribution is 2.46. The third-order valence-electron chi connectivity index (χ3n) is 6.48. The molecule has 1 saturated heterocycles. The number of likely N-dealkylation sites (tertiary alicyclic amines) is 1. The number of carbonyl (C=O) groups is 1. The quantitative estimate of drug-likeness (QED) is 0.435. The van der Waals surface area contributed by atoms with Gasteiger partial charge in [0.1, 0.15) is 23.6 Å². The van der Waals surface area contributed by atoms with Crippen LogP contribution < -0.4 is 15.6 Å². The molecule has 0 saturated carbocycles. The fraction of sp³-hybridized carbons (Fsp3) is 0.520. The number of aromatic nitrogens is 2. The highest BCUT2D eigenvalue weighted by molar-refractivity contribution is 7.16. The number of alkyl halides is 1. The molecule has 1 aliphatic rings. The summed E-state index contributed by atoms with van der Waals surface area (Å²) in [6.45, 7) is 6.59. The number of carbonyl (C=O) groups excluding carboxylic acids is 1. The molecule has 190 valence electrons. The predicted octanol–water partition coefficient (Wildman–Crippen LogP) is 3.60. The van der Waals surface area contributed by atoms with Gasteiger partial charge in [0.25, 0.3) is 11.5 Å². The molecule has 1 amide bonds. The van der Waals surface area contributed by atoms with E-state index < -0.39 is 11.8 Å². The lowest BCUT2D eigenvalue weighted by atomic mass is 10.0. The molecule has 0 aliphatic carbocycles. The van der Waals surface area contributed by atoms with Crippen molar-refractivity contribution in [1.29, 1.82) is 0 Å². The number of hydrogen-bond donors (Lipinski definition) is 3. The van der Waals surface area contributed by atoms with Crippen molar-refractivity contribution in [2.75, 3.05) is 26.7 Å². The van der Waals surface area contributed by atoms with Crippen molar-refractivity contribution in [2.24, 2.45) is 7.05 Å². The first-order valence-electron chi connectivity index (χ1n) is 11.8. The number of fused-ring (bicyclic) bond motifs is 1. The molecule has 0 spiro atoms. The van der Waals surface area contributed by atoms with Crippen molar-refractivity contribution >= 4 is 28.1 Å². The SMILES string of the molecule is CCNC(=O)c1cc2c(-c3sc(C(F)C(C)(C)O)cc3OCC3CCCN3C)cn(C)c(=O)c2[nH]1. The van der Waals surface area contributed by atoms with Gasteiger partial charge in [0.15, 0.2) is 6.17 Å². The lowest BCUT2D eigenvalue weighted by molar-refractivity contribution is -0.00262. The summed E-state index contributed by atoms with van der Waals surface area (Å²) in [5.41, 5.74) is -0.613. The van der Waals surface area contributed by atoms with Gasteiger partial charge in [-0.05, 0) is 59.3 Å². The van der Waals surface area contributed by atoms with Gasteiger partial charge in [0.05, 0.1) is 10.5 Å². The topological polar surface area (TPSA) is 99.6 Å². The zero-order valence-corrected chi connectivity index (χ0v) is 21.6. The van der Waals surface area contributed by atoms with Crippen molar-refractivity contribution in [3.8, 4) is 16.2 Å². The maximum Gasteiger partial charge on any atom is 0.274 e. The molecule has 1 aliphatic heterocycles. The van der Waals surface area contributed by atoms with E-state index in [1.54, 1.807) is 25.4 Å². The van der Waals surface area contributed by atoms with E-state index in [0.29, 0.717) is 45.1 Å². The summed E-state index contributed by atoms with van der Waals surface area (Å²) in [4.78, 5) is 31.5. The summed E-state index contributed by atoms with van der Waals surface area (Å²) < 4.78 is 22.9. The Kier molecular flexibility index (Phi) is 7.08. The van der Waals surface area contributed by atoms with Gasteiger partial charge in [0.2, 0.25) is 0 Å². The summed E-state index contributed by atoms with van der Waals surface area (Å²) in [7, 11) is 3.70. The molecule has 35 heavy (non-hydrogen) atoms. The van der Waals surface area contributed by atoms with Gasteiger partial charge < -0.3 is 29.6 Å². The van der Waals surface area contributed by atoms with Gasteiger partial charge in [-0.15, -0.1) is 11.3 Å². The molecule has 4 rings (SSSR count). The van der Waals surface area contributed by atoms with Crippen molar-refractivity contribution in [1.82, 2.24) is 19.8 Å². The number of halogens is 1. The number of hydrogen-bond acceptors (Lipinski definition) is 6. The number of pyridine rings is 1. The number of aliphatic hydroxyl groups is 1. The fourth-order valence-corrected chi connectivity index (χ4v) is 5.71. The van der Waals surface area contributed by atoms with Crippen molar-refractivity contribution < 1.29 is 19.0 Å². The smallest absolute Gasteiger partial charge is 0.274 e. The second-order valence-corrected chi connectivity index (χ2v) is 10.8. The first-order chi connectivity index (χ1) is 16.5. The monoisotopic (exact) mass is 504 g/mol. The van der Waals surface area contributed by atoms with E-state index in [1.165, 1.54) is 29.8 Å². The van der Waals surface area contributed by atoms with Crippen LogP contribution >= 0.6 is 11.3 Å². The average molecular weight is 505 g/mol. The lowest BCUT2D eigenvalue weighted by Gasteiger charge is -2.21. The van der Waals surface area contributed by atoms with Crippen LogP contribution in [0.3, 0.4) is 0 Å². The number of ether oxygens (including phenoxy) is 1. The average Bonchev–Trinajstić information content (AvgIpc) is 3.52. The summed E-state index contributed by atoms with van der Waals surface area (Å²) >= 11 is 1.18. The number of nitrogens with zero attached hydrogens (tertiary/aromatic N) is 2. The van der Waals surface area contributed by atoms with Crippen molar-refractivity contribution in [2.45, 2.75) is 51.4 Å². The number of aryl methyl sites for hydroxylation is 1. The Hall–Kier alpha value is -2.69. The fourth-order valence-electron chi connectivity index (χ4n) is 4.43. The second-order valence-electron chi connectivity index (χ2n) is 9.74. The second kappa shape index (κ2) is 9.75. The van der Waals surface area contributed by atoms with Crippen LogP contribution in [0, 0.1) is 0 Å². The van der Waals surface area contributed by atoms with Gasteiger partial charge in [0, 0.05) is 41.7 Å². The van der Waals surface area contributed by atoms with Crippen LogP contribution in [-0.4, -0.2) is 63.9 Å². The van der Waals surface area contributed by atoms with E-state index in [2.05, 4.69) is 22.2 Å². The number of H-pyrrole nitrogens is 1. The molecule has 10 heteroatoms. The zero-order valence-electron chi connectivity index (χ0n) is 20.8. The van der Waals surface area contributed by atoms with Crippen molar-refractivity contribution in [3.05, 3.63) is 39.3 Å². The number of likely N-dealkylation sites (N-methyl/N-ethyl adjacent to an activating group) is 1. The third-order valence-corrected chi connectivity index (χ3v) is 7.67. The Balaban J connectivity index is 1.84. The summed E-state index contributed by atoms with van der Waals surface area (Å²) in [6, 6.07) is 3.55. The number of amides is 1. The van der Waals surface area contributed by atoms with Crippen LogP contribution in [0.4, 0.5) is 4.39 Å². The normalized spacial score (nSPS) is 17.7. The van der Waals surface area contributed by atoms with Crippen LogP contribution in [-0.2, 0) is 7.05 Å². The minimum Gasteiger partial charge on any atom is -0.490 e. The molecular formula is C25H33FN4O4S. The molecule has 0 bridgehead atoms. The maximum atomic E-state index is 15.2. The van der Waals surface area contributed by atoms with Crippen LogP contribution in [0.2, 0.25) is 0 Å². The van der Waals surface area contributed by atoms with Gasteiger partial charge >= 0.3 is 0 Å². The molecule has 1 fully saturated rings. The number of aromatic amines is 1. The van der Waals surface area contributed by atoms with Crippen LogP contribution in [0.1, 0.15) is 55.2 Å². The van der Waals surface area contributed by atoms with E-state index >= 15 is 4.39 Å². The summed E-state index contributed by atoms with van der Waals surface area (Å²) in [5.74, 6) is 0.188. The Morgan fingerprint density at radius 3 is 2.77 bits per heavy atom. The van der Waals surface area contributed by atoms with Gasteiger partial charge in [-0.25, -0.2) is 4.39 Å². The van der Waals surface area contributed by atoms with Crippen LogP contribution in [0.25, 0.3) is 21.3 Å². The maximum absolute atomic E-state index is 15.2. The molecule has 2 unspecified atom stereocenters.